The van der Waals surface area contributed by atoms with Gasteiger partial charge in [-0.1, -0.05) is 30.8 Å². The molecule has 0 bridgehead atoms. The molecule has 1 atom stereocenters. The molecule has 1 aliphatic heterocycles. The largest absolute Gasteiger partial charge is 0.500 e. The Kier molecular flexibility index (Phi) is 6.65. The Balaban J connectivity index is 1.88. The van der Waals surface area contributed by atoms with Gasteiger partial charge in [-0.3, -0.25) is 14.9 Å². The summed E-state index contributed by atoms with van der Waals surface area (Å²) < 4.78 is 6.71. The van der Waals surface area contributed by atoms with E-state index >= 15 is 0 Å². The van der Waals surface area contributed by atoms with E-state index in [2.05, 4.69) is 20.7 Å². The number of fused-ring (bicyclic) bond motifs is 1. The summed E-state index contributed by atoms with van der Waals surface area (Å²) in [6, 6.07) is 9.18. The van der Waals surface area contributed by atoms with Gasteiger partial charge in [0, 0.05) is 17.5 Å². The summed E-state index contributed by atoms with van der Waals surface area (Å²) in [4.78, 5) is 29.0. The summed E-state index contributed by atoms with van der Waals surface area (Å²) in [6.07, 6.45) is 0. The minimum atomic E-state index is -0.872. The molecule has 3 aromatic rings. The lowest BCUT2D eigenvalue weighted by molar-refractivity contribution is -0.386. The molecule has 4 rings (SSSR count). The van der Waals surface area contributed by atoms with Crippen molar-refractivity contribution in [3.8, 4) is 11.5 Å². The van der Waals surface area contributed by atoms with Gasteiger partial charge in [0.05, 0.1) is 17.6 Å². The number of anilines is 2. The quantitative estimate of drug-likeness (QED) is 0.248. The number of aromatic nitrogens is 3. The van der Waals surface area contributed by atoms with Crippen molar-refractivity contribution in [2.24, 2.45) is 0 Å². The third kappa shape index (κ3) is 4.64. The zero-order valence-corrected chi connectivity index (χ0v) is 20.3. The van der Waals surface area contributed by atoms with Crippen molar-refractivity contribution >= 4 is 35.0 Å². The molecule has 0 fully saturated rings. The van der Waals surface area contributed by atoms with E-state index in [4.69, 9.17) is 4.74 Å². The van der Waals surface area contributed by atoms with Crippen molar-refractivity contribution < 1.29 is 19.6 Å². The molecule has 182 valence electrons. The van der Waals surface area contributed by atoms with Crippen LogP contribution >= 0.6 is 11.8 Å². The van der Waals surface area contributed by atoms with Crippen molar-refractivity contribution in [1.29, 1.82) is 0 Å². The van der Waals surface area contributed by atoms with E-state index in [1.165, 1.54) is 35.7 Å². The minimum Gasteiger partial charge on any atom is -0.500 e. The second-order valence-corrected chi connectivity index (χ2v) is 9.06. The summed E-state index contributed by atoms with van der Waals surface area (Å²) in [5, 5.41) is 33.0. The third-order valence-corrected chi connectivity index (χ3v) is 6.16. The Bertz CT molecular complexity index is 1350. The number of nitro groups is 1. The van der Waals surface area contributed by atoms with E-state index in [0.29, 0.717) is 33.6 Å². The van der Waals surface area contributed by atoms with Crippen LogP contribution in [0.25, 0.3) is 0 Å². The molecule has 1 unspecified atom stereocenters. The number of benzene rings is 2. The number of hydrogen-bond donors (Lipinski definition) is 3. The standard InChI is InChI=1S/C23H24N6O5S/c1-5-35-23-26-22-24-13(3)18(21(31)25-15-8-6-7-12(2)9-15)19(28(22)27-23)14-10-16(29(32)33)20(30)17(11-14)34-4/h6-11,19,30H,5H2,1-4H3,(H,25,31)(H,24,26,27). The Morgan fingerprint density at radius 3 is 2.77 bits per heavy atom. The lowest BCUT2D eigenvalue weighted by Gasteiger charge is -2.29. The first-order valence-corrected chi connectivity index (χ1v) is 11.7. The molecule has 0 spiro atoms. The fourth-order valence-corrected chi connectivity index (χ4v) is 4.47. The molecule has 0 radical (unpaired) electrons. The van der Waals surface area contributed by atoms with Gasteiger partial charge in [-0.15, -0.1) is 5.10 Å². The lowest BCUT2D eigenvalue weighted by atomic mass is 9.94. The van der Waals surface area contributed by atoms with Gasteiger partial charge in [0.25, 0.3) is 5.91 Å². The summed E-state index contributed by atoms with van der Waals surface area (Å²) in [5.74, 6) is 0.0347. The Morgan fingerprint density at radius 1 is 1.34 bits per heavy atom. The Morgan fingerprint density at radius 2 is 2.11 bits per heavy atom. The van der Waals surface area contributed by atoms with Crippen LogP contribution < -0.4 is 15.4 Å². The number of nitrogens with one attached hydrogen (secondary N) is 2. The number of allylic oxidation sites excluding steroid dienone is 1. The molecule has 12 heteroatoms. The van der Waals surface area contributed by atoms with E-state index in [9.17, 15) is 20.0 Å². The molecule has 11 nitrogen and oxygen atoms in total. The smallest absolute Gasteiger partial charge is 0.315 e. The van der Waals surface area contributed by atoms with Gasteiger partial charge < -0.3 is 20.5 Å². The minimum absolute atomic E-state index is 0.0892. The van der Waals surface area contributed by atoms with Crippen LogP contribution in [0.5, 0.6) is 11.5 Å². The molecular weight excluding hydrogens is 472 g/mol. The summed E-state index contributed by atoms with van der Waals surface area (Å²) in [6.45, 7) is 5.62. The van der Waals surface area contributed by atoms with Crippen LogP contribution in [0.4, 0.5) is 17.3 Å². The number of carbonyl (C=O) groups is 1. The molecule has 0 saturated heterocycles. The molecule has 2 aromatic carbocycles. The summed E-state index contributed by atoms with van der Waals surface area (Å²) in [7, 11) is 1.30. The molecular formula is C23H24N6O5S. The first kappa shape index (κ1) is 24.1. The molecule has 1 amide bonds. The third-order valence-electron chi connectivity index (χ3n) is 5.44. The highest BCUT2D eigenvalue weighted by Gasteiger charge is 2.36. The van der Waals surface area contributed by atoms with Gasteiger partial charge in [0.1, 0.15) is 6.04 Å². The van der Waals surface area contributed by atoms with Crippen LogP contribution in [0.2, 0.25) is 0 Å². The molecule has 2 heterocycles. The van der Waals surface area contributed by atoms with Gasteiger partial charge in [-0.25, -0.2) is 4.68 Å². The van der Waals surface area contributed by atoms with Crippen LogP contribution in [0, 0.1) is 17.0 Å². The normalized spacial score (nSPS) is 14.8. The van der Waals surface area contributed by atoms with Gasteiger partial charge in [0.2, 0.25) is 16.9 Å². The van der Waals surface area contributed by atoms with Crippen LogP contribution in [0.3, 0.4) is 0 Å². The van der Waals surface area contributed by atoms with Crippen molar-refractivity contribution in [2.75, 3.05) is 23.5 Å². The van der Waals surface area contributed by atoms with E-state index < -0.39 is 28.3 Å². The highest BCUT2D eigenvalue weighted by atomic mass is 32.2. The highest BCUT2D eigenvalue weighted by molar-refractivity contribution is 7.99. The Labute approximate surface area is 205 Å². The predicted octanol–water partition coefficient (Wildman–Crippen LogP) is 4.25. The van der Waals surface area contributed by atoms with Gasteiger partial charge in [0.15, 0.2) is 5.75 Å². The number of nitro benzene ring substituents is 1. The zero-order valence-electron chi connectivity index (χ0n) is 19.5. The van der Waals surface area contributed by atoms with Gasteiger partial charge in [-0.2, -0.15) is 4.98 Å². The number of aryl methyl sites for hydroxylation is 1. The average Bonchev–Trinajstić information content (AvgIpc) is 3.20. The van der Waals surface area contributed by atoms with Crippen molar-refractivity contribution in [2.45, 2.75) is 32.0 Å². The number of phenols is 1. The van der Waals surface area contributed by atoms with Crippen LogP contribution in [0.1, 0.15) is 31.0 Å². The first-order chi connectivity index (χ1) is 16.7. The molecule has 35 heavy (non-hydrogen) atoms. The fraction of sp³-hybridized carbons (Fsp3) is 0.261. The highest BCUT2D eigenvalue weighted by Crippen LogP contribution is 2.43. The van der Waals surface area contributed by atoms with E-state index in [1.807, 2.05) is 32.0 Å². The summed E-state index contributed by atoms with van der Waals surface area (Å²) in [5.41, 5.74) is 2.18. The predicted molar refractivity (Wildman–Crippen MR) is 132 cm³/mol. The number of aromatic hydroxyl groups is 1. The SMILES string of the molecule is CCSc1nc2n(n1)C(c1cc(OC)c(O)c([N+](=O)[O-])c1)C(C(=O)Nc1cccc(C)c1)=C(C)N2. The van der Waals surface area contributed by atoms with E-state index in [1.54, 1.807) is 13.0 Å². The van der Waals surface area contributed by atoms with Crippen LogP contribution in [0.15, 0.2) is 52.8 Å². The number of amides is 1. The maximum absolute atomic E-state index is 13.6. The molecule has 0 saturated carbocycles. The molecule has 1 aromatic heterocycles. The molecule has 3 N–H and O–H groups in total. The fourth-order valence-electron chi connectivity index (χ4n) is 3.91. The second-order valence-electron chi connectivity index (χ2n) is 7.83. The van der Waals surface area contributed by atoms with Crippen LogP contribution in [-0.2, 0) is 4.79 Å². The number of rotatable bonds is 7. The maximum Gasteiger partial charge on any atom is 0.315 e. The topological polar surface area (TPSA) is 144 Å². The van der Waals surface area contributed by atoms with Crippen molar-refractivity contribution in [3.63, 3.8) is 0 Å². The van der Waals surface area contributed by atoms with E-state index in [0.717, 1.165) is 11.3 Å². The zero-order chi connectivity index (χ0) is 25.3. The maximum atomic E-state index is 13.6. The number of nitrogens with zero attached hydrogens (tertiary/aromatic N) is 4. The van der Waals surface area contributed by atoms with Gasteiger partial charge >= 0.3 is 5.69 Å². The summed E-state index contributed by atoms with van der Waals surface area (Å²) >= 11 is 1.42. The van der Waals surface area contributed by atoms with Crippen molar-refractivity contribution in [3.05, 3.63) is 68.9 Å². The van der Waals surface area contributed by atoms with Crippen LogP contribution in [-0.4, -0.2) is 43.6 Å². The number of thioether (sulfide) groups is 1. The molecule has 0 aliphatic carbocycles. The number of methoxy groups -OCH3 is 1. The monoisotopic (exact) mass is 496 g/mol. The number of ether oxygens (including phenoxy) is 1. The molecule has 1 aliphatic rings. The number of phenolic OH excluding ortho intramolecular Hbond substituents is 1. The van der Waals surface area contributed by atoms with Crippen molar-refractivity contribution in [1.82, 2.24) is 14.8 Å². The second kappa shape index (κ2) is 9.66. The van der Waals surface area contributed by atoms with E-state index in [-0.39, 0.29) is 5.75 Å². The van der Waals surface area contributed by atoms with Gasteiger partial charge in [-0.05, 0) is 48.9 Å². The average molecular weight is 497 g/mol. The first-order valence-electron chi connectivity index (χ1n) is 10.7. The lowest BCUT2D eigenvalue weighted by Crippen LogP contribution is -2.31. The Hall–Kier alpha value is -4.06. The number of hydrogen-bond acceptors (Lipinski definition) is 9. The number of carbonyl (C=O) groups excluding carboxylic acids is 1.